The van der Waals surface area contributed by atoms with Crippen molar-refractivity contribution in [1.82, 2.24) is 14.9 Å². The van der Waals surface area contributed by atoms with E-state index in [0.29, 0.717) is 18.9 Å². The summed E-state index contributed by atoms with van der Waals surface area (Å²) in [5, 5.41) is 10.9. The number of anilines is 1. The van der Waals surface area contributed by atoms with Gasteiger partial charge in [0.15, 0.2) is 0 Å². The summed E-state index contributed by atoms with van der Waals surface area (Å²) in [5.41, 5.74) is -0.205. The summed E-state index contributed by atoms with van der Waals surface area (Å²) in [5.74, 6) is 0.316. The van der Waals surface area contributed by atoms with E-state index in [9.17, 15) is 10.1 Å². The van der Waals surface area contributed by atoms with Crippen molar-refractivity contribution in [3.05, 3.63) is 21.6 Å². The standard InChI is InChI=1S/C10H14ClN5O2/c1-2-14-3-5-15(6-4-14)10-8(16(17)18)9(11)12-7-13-10/h7H,2-6H2,1H3. The fourth-order valence-electron chi connectivity index (χ4n) is 2.01. The van der Waals surface area contributed by atoms with E-state index >= 15 is 0 Å². The molecule has 0 aliphatic carbocycles. The molecule has 98 valence electrons. The Bertz CT molecular complexity index is 448. The number of nitrogens with zero attached hydrogens (tertiary/aromatic N) is 5. The average molecular weight is 272 g/mol. The molecule has 8 heteroatoms. The van der Waals surface area contributed by atoms with E-state index in [1.807, 2.05) is 4.90 Å². The van der Waals surface area contributed by atoms with Crippen molar-refractivity contribution in [2.45, 2.75) is 6.92 Å². The Morgan fingerprint density at radius 3 is 2.61 bits per heavy atom. The smallest absolute Gasteiger partial charge is 0.348 e. The molecule has 0 aromatic carbocycles. The van der Waals surface area contributed by atoms with Crippen LogP contribution >= 0.6 is 11.6 Å². The summed E-state index contributed by atoms with van der Waals surface area (Å²) in [4.78, 5) is 22.3. The van der Waals surface area contributed by atoms with Crippen molar-refractivity contribution in [3.63, 3.8) is 0 Å². The lowest BCUT2D eigenvalue weighted by Crippen LogP contribution is -2.46. The first-order chi connectivity index (χ1) is 8.63. The maximum Gasteiger partial charge on any atom is 0.348 e. The molecule has 1 aliphatic heterocycles. The highest BCUT2D eigenvalue weighted by Gasteiger charge is 2.27. The Balaban J connectivity index is 2.24. The Labute approximate surface area is 110 Å². The lowest BCUT2D eigenvalue weighted by molar-refractivity contribution is -0.384. The second-order valence-corrected chi connectivity index (χ2v) is 4.37. The van der Waals surface area contributed by atoms with Crippen molar-refractivity contribution in [3.8, 4) is 0 Å². The van der Waals surface area contributed by atoms with Gasteiger partial charge in [0, 0.05) is 26.2 Å². The number of rotatable bonds is 3. The SMILES string of the molecule is CCN1CCN(c2ncnc(Cl)c2[N+](=O)[O-])CC1. The monoisotopic (exact) mass is 271 g/mol. The topological polar surface area (TPSA) is 75.4 Å². The van der Waals surface area contributed by atoms with Crippen molar-refractivity contribution in [2.24, 2.45) is 0 Å². The summed E-state index contributed by atoms with van der Waals surface area (Å²) in [7, 11) is 0. The molecule has 1 fully saturated rings. The molecule has 0 spiro atoms. The molecule has 0 saturated carbocycles. The van der Waals surface area contributed by atoms with Gasteiger partial charge in [-0.05, 0) is 6.54 Å². The minimum absolute atomic E-state index is 0.108. The zero-order valence-electron chi connectivity index (χ0n) is 10.0. The summed E-state index contributed by atoms with van der Waals surface area (Å²) in [6.07, 6.45) is 1.26. The molecular weight excluding hydrogens is 258 g/mol. The molecule has 1 aromatic rings. The second-order valence-electron chi connectivity index (χ2n) is 4.02. The van der Waals surface area contributed by atoms with Crippen LogP contribution in [0.4, 0.5) is 11.5 Å². The van der Waals surface area contributed by atoms with Crippen molar-refractivity contribution >= 4 is 23.1 Å². The van der Waals surface area contributed by atoms with E-state index in [1.54, 1.807) is 0 Å². The molecule has 0 atom stereocenters. The van der Waals surface area contributed by atoms with E-state index in [1.165, 1.54) is 6.33 Å². The highest BCUT2D eigenvalue weighted by Crippen LogP contribution is 2.31. The third kappa shape index (κ3) is 2.51. The number of likely N-dealkylation sites (N-methyl/N-ethyl adjacent to an activating group) is 1. The predicted octanol–water partition coefficient (Wildman–Crippen LogP) is 1.18. The number of nitro groups is 1. The molecule has 2 heterocycles. The third-order valence-corrected chi connectivity index (χ3v) is 3.34. The summed E-state index contributed by atoms with van der Waals surface area (Å²) < 4.78 is 0. The van der Waals surface area contributed by atoms with Crippen LogP contribution in [0.25, 0.3) is 0 Å². The van der Waals surface area contributed by atoms with Gasteiger partial charge in [-0.15, -0.1) is 0 Å². The largest absolute Gasteiger partial charge is 0.348 e. The average Bonchev–Trinajstić information content (AvgIpc) is 2.38. The maximum absolute atomic E-state index is 11.0. The highest BCUT2D eigenvalue weighted by atomic mass is 35.5. The van der Waals surface area contributed by atoms with E-state index in [2.05, 4.69) is 21.8 Å². The Kier molecular flexibility index (Phi) is 3.93. The molecule has 0 N–H and O–H groups in total. The first-order valence-corrected chi connectivity index (χ1v) is 6.13. The molecule has 0 amide bonds. The molecule has 0 unspecified atom stereocenters. The van der Waals surface area contributed by atoms with Gasteiger partial charge in [0.25, 0.3) is 0 Å². The number of hydrogen-bond donors (Lipinski definition) is 0. The second kappa shape index (κ2) is 5.45. The van der Waals surface area contributed by atoms with Crippen LogP contribution in [0.2, 0.25) is 5.15 Å². The molecule has 0 bridgehead atoms. The van der Waals surface area contributed by atoms with Crippen LogP contribution in [0, 0.1) is 10.1 Å². The van der Waals surface area contributed by atoms with Gasteiger partial charge in [0.2, 0.25) is 11.0 Å². The highest BCUT2D eigenvalue weighted by molar-refractivity contribution is 6.31. The minimum atomic E-state index is -0.524. The van der Waals surface area contributed by atoms with Crippen LogP contribution in [-0.2, 0) is 0 Å². The molecule has 1 saturated heterocycles. The Morgan fingerprint density at radius 1 is 1.39 bits per heavy atom. The van der Waals surface area contributed by atoms with Crippen LogP contribution < -0.4 is 4.90 Å². The van der Waals surface area contributed by atoms with Gasteiger partial charge in [-0.3, -0.25) is 10.1 Å². The van der Waals surface area contributed by atoms with Crippen LogP contribution in [-0.4, -0.2) is 52.5 Å². The molecule has 1 aromatic heterocycles. The fraction of sp³-hybridized carbons (Fsp3) is 0.600. The lowest BCUT2D eigenvalue weighted by Gasteiger charge is -2.34. The third-order valence-electron chi connectivity index (χ3n) is 3.06. The van der Waals surface area contributed by atoms with Gasteiger partial charge in [-0.1, -0.05) is 18.5 Å². The number of aromatic nitrogens is 2. The zero-order valence-corrected chi connectivity index (χ0v) is 10.8. The van der Waals surface area contributed by atoms with E-state index in [4.69, 9.17) is 11.6 Å². The van der Waals surface area contributed by atoms with Crippen molar-refractivity contribution in [2.75, 3.05) is 37.6 Å². The summed E-state index contributed by atoms with van der Waals surface area (Å²) in [6, 6.07) is 0. The van der Waals surface area contributed by atoms with Gasteiger partial charge in [0.05, 0.1) is 4.92 Å². The minimum Gasteiger partial charge on any atom is -0.348 e. The first-order valence-electron chi connectivity index (χ1n) is 5.75. The van der Waals surface area contributed by atoms with Crippen molar-refractivity contribution in [1.29, 1.82) is 0 Å². The summed E-state index contributed by atoms with van der Waals surface area (Å²) in [6.45, 7) is 6.24. The normalized spacial score (nSPS) is 16.9. The van der Waals surface area contributed by atoms with Gasteiger partial charge in [-0.25, -0.2) is 9.97 Å². The first kappa shape index (κ1) is 13.0. The van der Waals surface area contributed by atoms with E-state index in [-0.39, 0.29) is 10.8 Å². The van der Waals surface area contributed by atoms with E-state index < -0.39 is 4.92 Å². The molecule has 2 rings (SSSR count). The molecule has 0 radical (unpaired) electrons. The van der Waals surface area contributed by atoms with Crippen LogP contribution in [0.15, 0.2) is 6.33 Å². The molecule has 7 nitrogen and oxygen atoms in total. The van der Waals surface area contributed by atoms with Gasteiger partial charge < -0.3 is 9.80 Å². The van der Waals surface area contributed by atoms with Crippen molar-refractivity contribution < 1.29 is 4.92 Å². The fourth-order valence-corrected chi connectivity index (χ4v) is 2.21. The number of halogens is 1. The lowest BCUT2D eigenvalue weighted by atomic mass is 10.3. The van der Waals surface area contributed by atoms with Gasteiger partial charge in [-0.2, -0.15) is 0 Å². The van der Waals surface area contributed by atoms with Gasteiger partial charge >= 0.3 is 5.69 Å². The van der Waals surface area contributed by atoms with Crippen LogP contribution in [0.1, 0.15) is 6.92 Å². The summed E-state index contributed by atoms with van der Waals surface area (Å²) >= 11 is 5.77. The number of hydrogen-bond acceptors (Lipinski definition) is 6. The zero-order chi connectivity index (χ0) is 13.1. The Hall–Kier alpha value is -1.47. The quantitative estimate of drug-likeness (QED) is 0.467. The van der Waals surface area contributed by atoms with Crippen LogP contribution in [0.5, 0.6) is 0 Å². The Morgan fingerprint density at radius 2 is 2.06 bits per heavy atom. The predicted molar refractivity (Wildman–Crippen MR) is 68.0 cm³/mol. The molecule has 18 heavy (non-hydrogen) atoms. The molecular formula is C10H14ClN5O2. The van der Waals surface area contributed by atoms with Crippen LogP contribution in [0.3, 0.4) is 0 Å². The van der Waals surface area contributed by atoms with E-state index in [0.717, 1.165) is 19.6 Å². The van der Waals surface area contributed by atoms with Gasteiger partial charge in [0.1, 0.15) is 6.33 Å². The molecule has 1 aliphatic rings. The number of piperazine rings is 1. The maximum atomic E-state index is 11.0.